The van der Waals surface area contributed by atoms with Gasteiger partial charge < -0.3 is 15.0 Å². The summed E-state index contributed by atoms with van der Waals surface area (Å²) in [7, 11) is 0. The van der Waals surface area contributed by atoms with Gasteiger partial charge in [-0.05, 0) is 23.6 Å². The van der Waals surface area contributed by atoms with Crippen LogP contribution < -0.4 is 10.2 Å². The molecule has 3 aromatic rings. The lowest BCUT2D eigenvalue weighted by Gasteiger charge is -2.30. The molecule has 0 bridgehead atoms. The van der Waals surface area contributed by atoms with Crippen LogP contribution in [0.4, 0.5) is 11.5 Å². The molecule has 1 aliphatic rings. The molecule has 0 saturated carbocycles. The molecule has 5 nitrogen and oxygen atoms in total. The summed E-state index contributed by atoms with van der Waals surface area (Å²) < 4.78 is 5.41. The summed E-state index contributed by atoms with van der Waals surface area (Å²) in [6.45, 7) is 2.95. The SMILES string of the molecule is O=C(Nc1cc2ccccc2cn1)c1ccccc1N1CCOCC1. The number of hydrogen-bond acceptors (Lipinski definition) is 4. The number of para-hydroxylation sites is 1. The second kappa shape index (κ2) is 6.91. The Labute approximate surface area is 146 Å². The highest BCUT2D eigenvalue weighted by Crippen LogP contribution is 2.23. The van der Waals surface area contributed by atoms with Gasteiger partial charge in [-0.25, -0.2) is 4.98 Å². The maximum Gasteiger partial charge on any atom is 0.258 e. The molecule has 1 aliphatic heterocycles. The van der Waals surface area contributed by atoms with Crippen LogP contribution in [0.2, 0.25) is 0 Å². The number of benzene rings is 2. The molecule has 2 heterocycles. The Morgan fingerprint density at radius 1 is 1.00 bits per heavy atom. The molecule has 0 atom stereocenters. The lowest BCUT2D eigenvalue weighted by molar-refractivity contribution is 0.102. The maximum atomic E-state index is 12.8. The summed E-state index contributed by atoms with van der Waals surface area (Å²) in [5.41, 5.74) is 1.59. The van der Waals surface area contributed by atoms with Gasteiger partial charge in [-0.3, -0.25) is 4.79 Å². The minimum atomic E-state index is -0.148. The Hall–Kier alpha value is -2.92. The predicted molar refractivity (Wildman–Crippen MR) is 99.2 cm³/mol. The van der Waals surface area contributed by atoms with Gasteiger partial charge >= 0.3 is 0 Å². The zero-order valence-electron chi connectivity index (χ0n) is 13.8. The third-order valence-electron chi connectivity index (χ3n) is 4.37. The van der Waals surface area contributed by atoms with Crippen molar-refractivity contribution in [2.75, 3.05) is 36.5 Å². The summed E-state index contributed by atoms with van der Waals surface area (Å²) in [4.78, 5) is 19.3. The molecule has 2 aromatic carbocycles. The number of nitrogens with zero attached hydrogens (tertiary/aromatic N) is 2. The van der Waals surface area contributed by atoms with Crippen LogP contribution >= 0.6 is 0 Å². The molecule has 5 heteroatoms. The fourth-order valence-corrected chi connectivity index (χ4v) is 3.08. The lowest BCUT2D eigenvalue weighted by Crippen LogP contribution is -2.37. The molecule has 1 N–H and O–H groups in total. The predicted octanol–water partition coefficient (Wildman–Crippen LogP) is 3.32. The number of carbonyl (C=O) groups excluding carboxylic acids is 1. The van der Waals surface area contributed by atoms with E-state index in [4.69, 9.17) is 4.74 Å². The number of nitrogens with one attached hydrogen (secondary N) is 1. The molecule has 1 aromatic heterocycles. The van der Waals surface area contributed by atoms with Gasteiger partial charge in [0.25, 0.3) is 5.91 Å². The van der Waals surface area contributed by atoms with E-state index in [1.807, 2.05) is 54.6 Å². The quantitative estimate of drug-likeness (QED) is 0.799. The third kappa shape index (κ3) is 3.32. The fourth-order valence-electron chi connectivity index (χ4n) is 3.08. The molecule has 0 spiro atoms. The van der Waals surface area contributed by atoms with Gasteiger partial charge in [-0.2, -0.15) is 0 Å². The molecule has 1 fully saturated rings. The molecule has 0 radical (unpaired) electrons. The smallest absolute Gasteiger partial charge is 0.258 e. The number of pyridine rings is 1. The minimum absolute atomic E-state index is 0.148. The van der Waals surface area contributed by atoms with Gasteiger partial charge in [-0.1, -0.05) is 36.4 Å². The van der Waals surface area contributed by atoms with Crippen LogP contribution in [0.1, 0.15) is 10.4 Å². The summed E-state index contributed by atoms with van der Waals surface area (Å²) >= 11 is 0. The van der Waals surface area contributed by atoms with Crippen molar-refractivity contribution in [3.63, 3.8) is 0 Å². The van der Waals surface area contributed by atoms with Crippen molar-refractivity contribution in [1.82, 2.24) is 4.98 Å². The van der Waals surface area contributed by atoms with Crippen LogP contribution in [0.25, 0.3) is 10.8 Å². The van der Waals surface area contributed by atoms with E-state index in [0.717, 1.165) is 29.5 Å². The van der Waals surface area contributed by atoms with Crippen molar-refractivity contribution in [2.24, 2.45) is 0 Å². The van der Waals surface area contributed by atoms with Crippen LogP contribution in [0.5, 0.6) is 0 Å². The Balaban J connectivity index is 1.60. The number of hydrogen-bond donors (Lipinski definition) is 1. The van der Waals surface area contributed by atoms with E-state index >= 15 is 0 Å². The zero-order valence-corrected chi connectivity index (χ0v) is 13.8. The third-order valence-corrected chi connectivity index (χ3v) is 4.37. The molecule has 25 heavy (non-hydrogen) atoms. The average Bonchev–Trinajstić information content (AvgIpc) is 2.68. The molecule has 4 rings (SSSR count). The molecule has 0 unspecified atom stereocenters. The minimum Gasteiger partial charge on any atom is -0.378 e. The molecular weight excluding hydrogens is 314 g/mol. The summed E-state index contributed by atoms with van der Waals surface area (Å²) in [5, 5.41) is 5.02. The van der Waals surface area contributed by atoms with Crippen LogP contribution in [-0.4, -0.2) is 37.2 Å². The van der Waals surface area contributed by atoms with E-state index in [1.54, 1.807) is 6.20 Å². The Bertz CT molecular complexity index is 904. The first-order valence-electron chi connectivity index (χ1n) is 8.39. The Morgan fingerprint density at radius 2 is 1.72 bits per heavy atom. The Kier molecular flexibility index (Phi) is 4.31. The topological polar surface area (TPSA) is 54.5 Å². The van der Waals surface area contributed by atoms with Crippen molar-refractivity contribution in [3.05, 3.63) is 66.4 Å². The van der Waals surface area contributed by atoms with Crippen LogP contribution in [-0.2, 0) is 4.74 Å². The highest BCUT2D eigenvalue weighted by atomic mass is 16.5. The van der Waals surface area contributed by atoms with Gasteiger partial charge in [0, 0.05) is 30.4 Å². The van der Waals surface area contributed by atoms with Crippen molar-refractivity contribution in [2.45, 2.75) is 0 Å². The number of rotatable bonds is 3. The highest BCUT2D eigenvalue weighted by molar-refractivity contribution is 6.08. The van der Waals surface area contributed by atoms with Gasteiger partial charge in [0.15, 0.2) is 0 Å². The first kappa shape index (κ1) is 15.6. The maximum absolute atomic E-state index is 12.8. The number of morpholine rings is 1. The number of carbonyl (C=O) groups is 1. The molecule has 126 valence electrons. The molecule has 1 saturated heterocycles. The van der Waals surface area contributed by atoms with Gasteiger partial charge in [0.05, 0.1) is 18.8 Å². The number of ether oxygens (including phenoxy) is 1. The lowest BCUT2D eigenvalue weighted by atomic mass is 10.1. The standard InChI is InChI=1S/C20H19N3O2/c24-20(22-19-13-15-5-1-2-6-16(15)14-21-19)17-7-3-4-8-18(17)23-9-11-25-12-10-23/h1-8,13-14H,9-12H2,(H,21,22,24). The summed E-state index contributed by atoms with van der Waals surface area (Å²) in [6, 6.07) is 17.5. The Morgan fingerprint density at radius 3 is 2.56 bits per heavy atom. The first-order valence-corrected chi connectivity index (χ1v) is 8.39. The van der Waals surface area contributed by atoms with Gasteiger partial charge in [0.2, 0.25) is 0 Å². The number of aromatic nitrogens is 1. The number of anilines is 2. The monoisotopic (exact) mass is 333 g/mol. The summed E-state index contributed by atoms with van der Waals surface area (Å²) in [5.74, 6) is 0.408. The highest BCUT2D eigenvalue weighted by Gasteiger charge is 2.18. The summed E-state index contributed by atoms with van der Waals surface area (Å²) in [6.07, 6.45) is 1.78. The normalized spacial score (nSPS) is 14.5. The van der Waals surface area contributed by atoms with E-state index in [-0.39, 0.29) is 5.91 Å². The van der Waals surface area contributed by atoms with E-state index in [1.165, 1.54) is 0 Å². The number of amides is 1. The van der Waals surface area contributed by atoms with Crippen molar-refractivity contribution < 1.29 is 9.53 Å². The van der Waals surface area contributed by atoms with Crippen LogP contribution in [0.15, 0.2) is 60.8 Å². The van der Waals surface area contributed by atoms with E-state index in [2.05, 4.69) is 15.2 Å². The largest absolute Gasteiger partial charge is 0.378 e. The average molecular weight is 333 g/mol. The van der Waals surface area contributed by atoms with Crippen LogP contribution in [0, 0.1) is 0 Å². The van der Waals surface area contributed by atoms with E-state index in [0.29, 0.717) is 24.6 Å². The van der Waals surface area contributed by atoms with E-state index in [9.17, 15) is 4.79 Å². The zero-order chi connectivity index (χ0) is 17.1. The molecule has 0 aliphatic carbocycles. The molecular formula is C20H19N3O2. The second-order valence-corrected chi connectivity index (χ2v) is 5.99. The number of fused-ring (bicyclic) bond motifs is 1. The van der Waals surface area contributed by atoms with Crippen LogP contribution in [0.3, 0.4) is 0 Å². The molecule has 1 amide bonds. The second-order valence-electron chi connectivity index (χ2n) is 5.99. The van der Waals surface area contributed by atoms with Gasteiger partial charge in [0.1, 0.15) is 5.82 Å². The van der Waals surface area contributed by atoms with Crippen molar-refractivity contribution >= 4 is 28.2 Å². The van der Waals surface area contributed by atoms with Gasteiger partial charge in [-0.15, -0.1) is 0 Å². The van der Waals surface area contributed by atoms with E-state index < -0.39 is 0 Å². The first-order chi connectivity index (χ1) is 12.3. The fraction of sp³-hybridized carbons (Fsp3) is 0.200. The van der Waals surface area contributed by atoms with Crippen molar-refractivity contribution in [3.8, 4) is 0 Å². The van der Waals surface area contributed by atoms with Crippen molar-refractivity contribution in [1.29, 1.82) is 0 Å².